The number of hydrogen-bond acceptors (Lipinski definition) is 2. The number of ether oxygens (including phenoxy) is 1. The zero-order valence-corrected chi connectivity index (χ0v) is 11.3. The lowest BCUT2D eigenvalue weighted by Gasteiger charge is -2.16. The summed E-state index contributed by atoms with van der Waals surface area (Å²) in [5.74, 6) is 1.06. The molecule has 0 saturated heterocycles. The minimum absolute atomic E-state index is 0.0366. The van der Waals surface area contributed by atoms with Crippen molar-refractivity contribution in [3.05, 3.63) is 29.3 Å². The summed E-state index contributed by atoms with van der Waals surface area (Å²) in [4.78, 5) is 0. The van der Waals surface area contributed by atoms with Crippen LogP contribution in [0.1, 0.15) is 45.2 Å². The molecule has 0 aliphatic carbocycles. The van der Waals surface area contributed by atoms with E-state index >= 15 is 0 Å². The molecule has 1 aromatic carbocycles. The van der Waals surface area contributed by atoms with E-state index < -0.39 is 0 Å². The first-order valence-electron chi connectivity index (χ1n) is 6.54. The minimum Gasteiger partial charge on any atom is -0.487 e. The van der Waals surface area contributed by atoms with E-state index in [1.165, 1.54) is 17.5 Å². The number of hydrogen-bond donors (Lipinski definition) is 1. The first-order valence-corrected chi connectivity index (χ1v) is 6.54. The van der Waals surface area contributed by atoms with Crippen molar-refractivity contribution in [1.82, 2.24) is 5.32 Å². The summed E-state index contributed by atoms with van der Waals surface area (Å²) < 4.78 is 5.88. The van der Waals surface area contributed by atoms with Crippen LogP contribution in [0.15, 0.2) is 18.2 Å². The molecule has 0 saturated carbocycles. The lowest BCUT2D eigenvalue weighted by Crippen LogP contribution is -2.24. The monoisotopic (exact) mass is 233 g/mol. The second kappa shape index (κ2) is 4.69. The molecule has 1 unspecified atom stereocenters. The summed E-state index contributed by atoms with van der Waals surface area (Å²) in [7, 11) is 0. The molecular formula is C15H23NO. The van der Waals surface area contributed by atoms with Crippen molar-refractivity contribution >= 4 is 0 Å². The molecule has 1 aromatic rings. The Morgan fingerprint density at radius 1 is 1.41 bits per heavy atom. The van der Waals surface area contributed by atoms with Gasteiger partial charge in [0.2, 0.25) is 0 Å². The zero-order valence-electron chi connectivity index (χ0n) is 11.3. The first kappa shape index (κ1) is 12.4. The van der Waals surface area contributed by atoms with Gasteiger partial charge in [-0.2, -0.15) is 0 Å². The van der Waals surface area contributed by atoms with Crippen LogP contribution < -0.4 is 10.1 Å². The predicted molar refractivity (Wildman–Crippen MR) is 71.4 cm³/mol. The molecule has 0 amide bonds. The highest BCUT2D eigenvalue weighted by atomic mass is 16.5. The quantitative estimate of drug-likeness (QED) is 0.861. The maximum atomic E-state index is 5.88. The van der Waals surface area contributed by atoms with Crippen LogP contribution in [0.2, 0.25) is 0 Å². The molecule has 1 heterocycles. The van der Waals surface area contributed by atoms with Crippen LogP contribution >= 0.6 is 0 Å². The van der Waals surface area contributed by atoms with Crippen molar-refractivity contribution in [2.75, 3.05) is 0 Å². The molecule has 1 N–H and O–H groups in total. The third-order valence-corrected chi connectivity index (χ3v) is 3.39. The van der Waals surface area contributed by atoms with Gasteiger partial charge in [0.25, 0.3) is 0 Å². The van der Waals surface area contributed by atoms with E-state index in [0.717, 1.165) is 18.7 Å². The Balaban J connectivity index is 2.04. The van der Waals surface area contributed by atoms with Gasteiger partial charge >= 0.3 is 0 Å². The Kier molecular flexibility index (Phi) is 3.43. The van der Waals surface area contributed by atoms with Crippen molar-refractivity contribution in [2.24, 2.45) is 0 Å². The van der Waals surface area contributed by atoms with E-state index in [0.29, 0.717) is 6.04 Å². The van der Waals surface area contributed by atoms with E-state index in [9.17, 15) is 0 Å². The van der Waals surface area contributed by atoms with Gasteiger partial charge in [-0.1, -0.05) is 19.1 Å². The number of nitrogens with one attached hydrogen (secondary N) is 1. The average Bonchev–Trinajstić information content (AvgIpc) is 2.58. The molecule has 94 valence electrons. The standard InChI is InChI=1S/C15H23NO/c1-5-11(2)16-10-12-6-7-14-13(8-12)9-15(3,4)17-14/h6-8,11,16H,5,9-10H2,1-4H3. The van der Waals surface area contributed by atoms with Gasteiger partial charge in [0, 0.05) is 19.0 Å². The van der Waals surface area contributed by atoms with Crippen molar-refractivity contribution in [2.45, 2.75) is 58.7 Å². The van der Waals surface area contributed by atoms with Gasteiger partial charge in [-0.05, 0) is 44.4 Å². The molecule has 1 atom stereocenters. The van der Waals surface area contributed by atoms with Crippen LogP contribution in [0.25, 0.3) is 0 Å². The SMILES string of the molecule is CCC(C)NCc1ccc2c(c1)CC(C)(C)O2. The largest absolute Gasteiger partial charge is 0.487 e. The fourth-order valence-corrected chi connectivity index (χ4v) is 2.21. The van der Waals surface area contributed by atoms with Gasteiger partial charge in [0.15, 0.2) is 0 Å². The van der Waals surface area contributed by atoms with Gasteiger partial charge in [-0.15, -0.1) is 0 Å². The Morgan fingerprint density at radius 3 is 2.88 bits per heavy atom. The highest BCUT2D eigenvalue weighted by Gasteiger charge is 2.29. The molecule has 0 aromatic heterocycles. The summed E-state index contributed by atoms with van der Waals surface area (Å²) in [6.45, 7) is 9.66. The maximum Gasteiger partial charge on any atom is 0.123 e. The topological polar surface area (TPSA) is 21.3 Å². The summed E-state index contributed by atoms with van der Waals surface area (Å²) in [5.41, 5.74) is 2.66. The highest BCUT2D eigenvalue weighted by Crippen LogP contribution is 2.35. The first-order chi connectivity index (χ1) is 8.00. The predicted octanol–water partition coefficient (Wildman–Crippen LogP) is 3.29. The second-order valence-electron chi connectivity index (χ2n) is 5.67. The molecule has 2 heteroatoms. The number of fused-ring (bicyclic) bond motifs is 1. The van der Waals surface area contributed by atoms with Gasteiger partial charge in [-0.3, -0.25) is 0 Å². The zero-order chi connectivity index (χ0) is 12.5. The van der Waals surface area contributed by atoms with Gasteiger partial charge in [-0.25, -0.2) is 0 Å². The Bertz CT molecular complexity index is 398. The summed E-state index contributed by atoms with van der Waals surface area (Å²) >= 11 is 0. The summed E-state index contributed by atoms with van der Waals surface area (Å²) in [6, 6.07) is 7.13. The molecule has 0 bridgehead atoms. The van der Waals surface area contributed by atoms with Crippen molar-refractivity contribution < 1.29 is 4.74 Å². The van der Waals surface area contributed by atoms with Gasteiger partial charge < -0.3 is 10.1 Å². The smallest absolute Gasteiger partial charge is 0.123 e. The molecule has 1 aliphatic rings. The lowest BCUT2D eigenvalue weighted by molar-refractivity contribution is 0.138. The van der Waals surface area contributed by atoms with Gasteiger partial charge in [0.1, 0.15) is 11.4 Å². The molecule has 0 spiro atoms. The average molecular weight is 233 g/mol. The Labute approximate surface area is 104 Å². The van der Waals surface area contributed by atoms with E-state index in [4.69, 9.17) is 4.74 Å². The molecule has 2 nitrogen and oxygen atoms in total. The molecule has 0 fully saturated rings. The number of rotatable bonds is 4. The number of benzene rings is 1. The van der Waals surface area contributed by atoms with E-state index in [2.05, 4.69) is 51.2 Å². The van der Waals surface area contributed by atoms with Crippen LogP contribution in [0.3, 0.4) is 0 Å². The van der Waals surface area contributed by atoms with Gasteiger partial charge in [0.05, 0.1) is 0 Å². The molecule has 2 rings (SSSR count). The Morgan fingerprint density at radius 2 is 2.18 bits per heavy atom. The molecular weight excluding hydrogens is 210 g/mol. The van der Waals surface area contributed by atoms with Crippen LogP contribution in [0.5, 0.6) is 5.75 Å². The third kappa shape index (κ3) is 3.01. The van der Waals surface area contributed by atoms with E-state index in [1.807, 2.05) is 0 Å². The third-order valence-electron chi connectivity index (χ3n) is 3.39. The normalized spacial score (nSPS) is 18.6. The molecule has 1 aliphatic heterocycles. The highest BCUT2D eigenvalue weighted by molar-refractivity contribution is 5.41. The van der Waals surface area contributed by atoms with Crippen molar-refractivity contribution in [3.63, 3.8) is 0 Å². The fourth-order valence-electron chi connectivity index (χ4n) is 2.21. The maximum absolute atomic E-state index is 5.88. The van der Waals surface area contributed by atoms with Crippen molar-refractivity contribution in [3.8, 4) is 5.75 Å². The van der Waals surface area contributed by atoms with Crippen LogP contribution in [0.4, 0.5) is 0 Å². The molecule has 0 radical (unpaired) electrons. The fraction of sp³-hybridized carbons (Fsp3) is 0.600. The van der Waals surface area contributed by atoms with E-state index in [-0.39, 0.29) is 5.60 Å². The lowest BCUT2D eigenvalue weighted by atomic mass is 10.00. The summed E-state index contributed by atoms with van der Waals surface area (Å²) in [6.07, 6.45) is 2.18. The van der Waals surface area contributed by atoms with Crippen LogP contribution in [-0.2, 0) is 13.0 Å². The van der Waals surface area contributed by atoms with Crippen molar-refractivity contribution in [1.29, 1.82) is 0 Å². The molecule has 17 heavy (non-hydrogen) atoms. The van der Waals surface area contributed by atoms with Crippen LogP contribution in [0, 0.1) is 0 Å². The second-order valence-corrected chi connectivity index (χ2v) is 5.67. The minimum atomic E-state index is -0.0366. The van der Waals surface area contributed by atoms with Crippen LogP contribution in [-0.4, -0.2) is 11.6 Å². The Hall–Kier alpha value is -1.02. The summed E-state index contributed by atoms with van der Waals surface area (Å²) in [5, 5.41) is 3.52. The van der Waals surface area contributed by atoms with E-state index in [1.54, 1.807) is 0 Å².